The lowest BCUT2D eigenvalue weighted by molar-refractivity contribution is 0.625. The van der Waals surface area contributed by atoms with Gasteiger partial charge in [-0.05, 0) is 24.3 Å². The largest absolute Gasteiger partial charge is 0.380 e. The zero-order valence-electron chi connectivity index (χ0n) is 11.0. The summed E-state index contributed by atoms with van der Waals surface area (Å²) in [6, 6.07) is 15.7. The second kappa shape index (κ2) is 5.54. The number of nitrogens with two attached hydrogens (primary N) is 1. The summed E-state index contributed by atoms with van der Waals surface area (Å²) in [4.78, 5) is 0. The van der Waals surface area contributed by atoms with Gasteiger partial charge in [-0.25, -0.2) is 4.39 Å². The number of nitrogens with one attached hydrogen (secondary N) is 1. The third kappa shape index (κ3) is 2.64. The Hall–Kier alpha value is -3.02. The molecule has 0 bridgehead atoms. The summed E-state index contributed by atoms with van der Waals surface area (Å²) in [7, 11) is 0. The van der Waals surface area contributed by atoms with Crippen molar-refractivity contribution in [2.45, 2.75) is 0 Å². The fourth-order valence-corrected chi connectivity index (χ4v) is 1.90. The third-order valence-electron chi connectivity index (χ3n) is 2.92. The predicted octanol–water partition coefficient (Wildman–Crippen LogP) is 2.37. The second-order valence-electron chi connectivity index (χ2n) is 4.35. The van der Waals surface area contributed by atoms with Crippen LogP contribution in [-0.4, -0.2) is 17.3 Å². The Kier molecular flexibility index (Phi) is 3.42. The molecule has 2 aromatic carbocycles. The van der Waals surface area contributed by atoms with Crippen molar-refractivity contribution < 1.29 is 4.39 Å². The molecule has 5 nitrogen and oxygen atoms in total. The van der Waals surface area contributed by atoms with E-state index in [4.69, 9.17) is 5.73 Å². The Bertz CT molecular complexity index is 750. The van der Waals surface area contributed by atoms with E-state index in [0.29, 0.717) is 17.0 Å². The zero-order valence-corrected chi connectivity index (χ0v) is 11.0. The minimum absolute atomic E-state index is 0.150. The molecule has 2 aromatic rings. The molecule has 21 heavy (non-hydrogen) atoms. The zero-order chi connectivity index (χ0) is 14.7. The van der Waals surface area contributed by atoms with Crippen molar-refractivity contribution in [3.05, 3.63) is 66.0 Å². The van der Waals surface area contributed by atoms with E-state index in [-0.39, 0.29) is 5.84 Å². The summed E-state index contributed by atoms with van der Waals surface area (Å²) >= 11 is 0. The number of nitrogens with zero attached hydrogens (tertiary/aromatic N) is 3. The Morgan fingerprint density at radius 2 is 1.67 bits per heavy atom. The molecule has 0 radical (unpaired) electrons. The van der Waals surface area contributed by atoms with E-state index in [1.165, 1.54) is 6.07 Å². The molecule has 0 spiro atoms. The van der Waals surface area contributed by atoms with Crippen molar-refractivity contribution in [3.63, 3.8) is 0 Å². The first-order valence-corrected chi connectivity index (χ1v) is 6.31. The van der Waals surface area contributed by atoms with Crippen LogP contribution in [-0.2, 0) is 0 Å². The van der Waals surface area contributed by atoms with Gasteiger partial charge in [-0.15, -0.1) is 10.2 Å². The average Bonchev–Trinajstić information content (AvgIpc) is 2.88. The van der Waals surface area contributed by atoms with Gasteiger partial charge in [-0.3, -0.25) is 5.43 Å². The maximum absolute atomic E-state index is 13.9. The first kappa shape index (κ1) is 13.0. The molecule has 0 fully saturated rings. The molecule has 104 valence electrons. The van der Waals surface area contributed by atoms with Crippen molar-refractivity contribution in [1.29, 1.82) is 0 Å². The van der Waals surface area contributed by atoms with Crippen LogP contribution < -0.4 is 11.2 Å². The topological polar surface area (TPSA) is 75.1 Å². The summed E-state index contributed by atoms with van der Waals surface area (Å²) in [5.41, 5.74) is 10.4. The van der Waals surface area contributed by atoms with Crippen LogP contribution in [0.25, 0.3) is 0 Å². The molecule has 0 amide bonds. The first-order valence-electron chi connectivity index (χ1n) is 6.31. The number of hydrazone groups is 1. The summed E-state index contributed by atoms with van der Waals surface area (Å²) in [5.74, 6) is -0.245. The maximum Gasteiger partial charge on any atom is 0.176 e. The molecular weight excluding hydrogens is 269 g/mol. The monoisotopic (exact) mass is 281 g/mol. The van der Waals surface area contributed by atoms with Crippen LogP contribution in [0.5, 0.6) is 0 Å². The normalized spacial score (nSPS) is 15.8. The molecule has 0 atom stereocenters. The molecule has 0 saturated heterocycles. The third-order valence-corrected chi connectivity index (χ3v) is 2.92. The number of rotatable bonds is 3. The molecule has 3 N–H and O–H groups in total. The van der Waals surface area contributed by atoms with Gasteiger partial charge in [0.25, 0.3) is 0 Å². The van der Waals surface area contributed by atoms with Crippen LogP contribution in [0.1, 0.15) is 5.56 Å². The molecule has 0 unspecified atom stereocenters. The molecule has 3 rings (SSSR count). The smallest absolute Gasteiger partial charge is 0.176 e. The van der Waals surface area contributed by atoms with Gasteiger partial charge in [0.1, 0.15) is 11.5 Å². The van der Waals surface area contributed by atoms with Gasteiger partial charge < -0.3 is 5.73 Å². The highest BCUT2D eigenvalue weighted by Crippen LogP contribution is 2.13. The summed E-state index contributed by atoms with van der Waals surface area (Å²) in [5, 5.41) is 11.9. The Labute approximate surface area is 120 Å². The predicted molar refractivity (Wildman–Crippen MR) is 82.1 cm³/mol. The van der Waals surface area contributed by atoms with Crippen LogP contribution in [0.15, 0.2) is 69.9 Å². The van der Waals surface area contributed by atoms with Crippen molar-refractivity contribution >= 4 is 22.9 Å². The number of benzene rings is 2. The highest BCUT2D eigenvalue weighted by Gasteiger charge is 2.23. The van der Waals surface area contributed by atoms with Gasteiger partial charge in [0.2, 0.25) is 0 Å². The van der Waals surface area contributed by atoms with Crippen LogP contribution in [0, 0.1) is 5.82 Å². The van der Waals surface area contributed by atoms with E-state index >= 15 is 0 Å². The summed E-state index contributed by atoms with van der Waals surface area (Å²) < 4.78 is 13.9. The van der Waals surface area contributed by atoms with Crippen molar-refractivity contribution in [3.8, 4) is 0 Å². The van der Waals surface area contributed by atoms with E-state index < -0.39 is 5.82 Å². The quantitative estimate of drug-likeness (QED) is 0.847. The highest BCUT2D eigenvalue weighted by atomic mass is 19.1. The van der Waals surface area contributed by atoms with Gasteiger partial charge in [-0.2, -0.15) is 5.10 Å². The van der Waals surface area contributed by atoms with Gasteiger partial charge in [-0.1, -0.05) is 30.3 Å². The summed E-state index contributed by atoms with van der Waals surface area (Å²) in [6.45, 7) is 0. The van der Waals surface area contributed by atoms with Gasteiger partial charge in [0.15, 0.2) is 11.5 Å². The lowest BCUT2D eigenvalue weighted by Crippen LogP contribution is -2.29. The SMILES string of the molecule is NC1=NN=C(c2ccccc2F)/C1=N\Nc1ccccc1. The number of anilines is 1. The van der Waals surface area contributed by atoms with E-state index in [2.05, 4.69) is 20.7 Å². The molecule has 1 aliphatic heterocycles. The van der Waals surface area contributed by atoms with Crippen LogP contribution in [0.2, 0.25) is 0 Å². The Balaban J connectivity index is 1.91. The highest BCUT2D eigenvalue weighted by molar-refractivity contribution is 6.72. The minimum Gasteiger partial charge on any atom is -0.380 e. The number of para-hydroxylation sites is 1. The van der Waals surface area contributed by atoms with Gasteiger partial charge in [0.05, 0.1) is 5.69 Å². The van der Waals surface area contributed by atoms with E-state index in [1.807, 2.05) is 30.3 Å². The number of halogens is 1. The summed E-state index contributed by atoms with van der Waals surface area (Å²) in [6.07, 6.45) is 0. The Morgan fingerprint density at radius 1 is 0.952 bits per heavy atom. The van der Waals surface area contributed by atoms with Crippen LogP contribution in [0.4, 0.5) is 10.1 Å². The van der Waals surface area contributed by atoms with Gasteiger partial charge >= 0.3 is 0 Å². The lowest BCUT2D eigenvalue weighted by Gasteiger charge is -2.05. The molecule has 0 aliphatic carbocycles. The van der Waals surface area contributed by atoms with Crippen molar-refractivity contribution in [2.24, 2.45) is 21.0 Å². The standard InChI is InChI=1S/C15H12FN5/c16-12-9-5-4-8-11(12)13-14(15(17)21-19-13)20-18-10-6-2-1-3-7-10/h1-9,18H,(H2,17,20,21). The van der Waals surface area contributed by atoms with Crippen LogP contribution in [0.3, 0.4) is 0 Å². The van der Waals surface area contributed by atoms with E-state index in [1.54, 1.807) is 18.2 Å². The lowest BCUT2D eigenvalue weighted by atomic mass is 10.1. The molecule has 0 saturated carbocycles. The second-order valence-corrected chi connectivity index (χ2v) is 4.35. The van der Waals surface area contributed by atoms with Crippen molar-refractivity contribution in [1.82, 2.24) is 0 Å². The molecule has 1 heterocycles. The molecule has 1 aliphatic rings. The minimum atomic E-state index is -0.395. The number of hydrogen-bond donors (Lipinski definition) is 2. The van der Waals surface area contributed by atoms with Gasteiger partial charge in [0, 0.05) is 5.56 Å². The number of hydrogen-bond acceptors (Lipinski definition) is 5. The van der Waals surface area contributed by atoms with E-state index in [9.17, 15) is 4.39 Å². The van der Waals surface area contributed by atoms with E-state index in [0.717, 1.165) is 5.69 Å². The van der Waals surface area contributed by atoms with Crippen LogP contribution >= 0.6 is 0 Å². The maximum atomic E-state index is 13.9. The molecule has 0 aromatic heterocycles. The fraction of sp³-hybridized carbons (Fsp3) is 0. The first-order chi connectivity index (χ1) is 10.3. The molecular formula is C15H12FN5. The average molecular weight is 281 g/mol. The number of amidine groups is 1. The fourth-order valence-electron chi connectivity index (χ4n) is 1.90. The van der Waals surface area contributed by atoms with Crippen molar-refractivity contribution in [2.75, 3.05) is 5.43 Å². The Morgan fingerprint density at radius 3 is 2.43 bits per heavy atom. The molecule has 6 heteroatoms.